The molecule has 6 rings (SSSR count). The van der Waals surface area contributed by atoms with Gasteiger partial charge in [-0.25, -0.2) is 0 Å². The van der Waals surface area contributed by atoms with Crippen molar-refractivity contribution in [3.8, 4) is 28.7 Å². The summed E-state index contributed by atoms with van der Waals surface area (Å²) in [6.07, 6.45) is 5.91. The number of nitriles is 1. The molecule has 9 heteroatoms. The van der Waals surface area contributed by atoms with E-state index in [9.17, 15) is 10.1 Å². The number of ether oxygens (including phenoxy) is 2. The highest BCUT2D eigenvalue weighted by Crippen LogP contribution is 2.39. The lowest BCUT2D eigenvalue weighted by molar-refractivity contribution is -0.118. The van der Waals surface area contributed by atoms with Gasteiger partial charge in [-0.15, -0.1) is 0 Å². The van der Waals surface area contributed by atoms with Gasteiger partial charge < -0.3 is 30.3 Å². The van der Waals surface area contributed by atoms with Gasteiger partial charge in [-0.3, -0.25) is 4.79 Å². The van der Waals surface area contributed by atoms with Crippen molar-refractivity contribution < 1.29 is 14.3 Å². The van der Waals surface area contributed by atoms with E-state index >= 15 is 0 Å². The number of nitrogens with two attached hydrogens (primary N) is 1. The molecule has 4 aromatic rings. The number of benzene rings is 4. The largest absolute Gasteiger partial charge is 0.488 e. The fourth-order valence-electron chi connectivity index (χ4n) is 7.23. The minimum atomic E-state index is -0.316. The molecule has 0 spiro atoms. The zero-order valence-corrected chi connectivity index (χ0v) is 30.3. The van der Waals surface area contributed by atoms with Crippen LogP contribution in [-0.2, 0) is 31.0 Å². The Labute approximate surface area is 307 Å². The van der Waals surface area contributed by atoms with Crippen LogP contribution in [0, 0.1) is 18.3 Å². The van der Waals surface area contributed by atoms with Crippen LogP contribution >= 0.6 is 11.6 Å². The van der Waals surface area contributed by atoms with E-state index in [1.165, 1.54) is 66.8 Å². The number of anilines is 1. The number of carbonyl (C=O) groups excluding carboxylic acids is 1. The third-order valence-electron chi connectivity index (χ3n) is 10.0. The molecule has 266 valence electrons. The molecule has 2 heterocycles. The first-order valence-corrected chi connectivity index (χ1v) is 18.5. The lowest BCUT2D eigenvalue weighted by Gasteiger charge is -2.22. The minimum absolute atomic E-state index is 0.281. The van der Waals surface area contributed by atoms with Crippen LogP contribution in [0.15, 0.2) is 72.8 Å². The van der Waals surface area contributed by atoms with Crippen molar-refractivity contribution >= 4 is 23.2 Å². The van der Waals surface area contributed by atoms with Gasteiger partial charge in [-0.05, 0) is 123 Å². The van der Waals surface area contributed by atoms with Gasteiger partial charge in [0.15, 0.2) is 0 Å². The zero-order chi connectivity index (χ0) is 35.6. The molecule has 0 bridgehead atoms. The Hall–Kier alpha value is -4.55. The van der Waals surface area contributed by atoms with Crippen LogP contribution in [0.5, 0.6) is 11.5 Å². The van der Waals surface area contributed by atoms with Crippen molar-refractivity contribution in [1.82, 2.24) is 10.2 Å². The molecule has 51 heavy (non-hydrogen) atoms. The van der Waals surface area contributed by atoms with E-state index < -0.39 is 0 Å². The van der Waals surface area contributed by atoms with Gasteiger partial charge in [-0.2, -0.15) is 5.26 Å². The standard InChI is InChI=1S/C42H48ClN5O3/c1-30-33(11-5-12-35(30)36-13-6-14-39-37(36)16-22-48(39)21-8-20-47-18-2-3-19-47)29-51-41-25-40(50-28-32-10-4-9-31(23-32)26-44)34(24-38(41)43)27-46-17-7-15-42(45)49/h4-6,9-14,23-25,46H,2-3,7-8,15-22,27-29H2,1H3,(H2,45,49). The average molecular weight is 706 g/mol. The van der Waals surface area contributed by atoms with Gasteiger partial charge in [0.2, 0.25) is 5.91 Å². The Balaban J connectivity index is 1.16. The third-order valence-corrected chi connectivity index (χ3v) is 10.3. The number of nitrogens with one attached hydrogen (secondary N) is 1. The molecule has 2 aliphatic rings. The fourth-order valence-corrected chi connectivity index (χ4v) is 7.47. The van der Waals surface area contributed by atoms with E-state index in [1.807, 2.05) is 30.3 Å². The van der Waals surface area contributed by atoms with Crippen molar-refractivity contribution in [3.63, 3.8) is 0 Å². The number of nitrogens with zero attached hydrogens (tertiary/aromatic N) is 3. The number of halogens is 1. The van der Waals surface area contributed by atoms with Crippen molar-refractivity contribution in [1.29, 1.82) is 5.26 Å². The second-order valence-corrected chi connectivity index (χ2v) is 14.0. The number of fused-ring (bicyclic) bond motifs is 1. The van der Waals surface area contributed by atoms with Crippen LogP contribution in [-0.4, -0.2) is 50.1 Å². The van der Waals surface area contributed by atoms with E-state index in [-0.39, 0.29) is 12.5 Å². The first-order valence-electron chi connectivity index (χ1n) is 18.1. The highest BCUT2D eigenvalue weighted by atomic mass is 35.5. The number of likely N-dealkylation sites (tertiary alicyclic amines) is 1. The molecule has 8 nitrogen and oxygen atoms in total. The monoisotopic (exact) mass is 705 g/mol. The van der Waals surface area contributed by atoms with Crippen LogP contribution in [0.25, 0.3) is 11.1 Å². The summed E-state index contributed by atoms with van der Waals surface area (Å²) in [5, 5.41) is 13.2. The Kier molecular flexibility index (Phi) is 12.5. The van der Waals surface area contributed by atoms with Gasteiger partial charge in [0.1, 0.15) is 24.7 Å². The Morgan fingerprint density at radius 2 is 1.69 bits per heavy atom. The highest BCUT2D eigenvalue weighted by molar-refractivity contribution is 6.32. The van der Waals surface area contributed by atoms with E-state index in [2.05, 4.69) is 64.5 Å². The molecule has 0 saturated carbocycles. The summed E-state index contributed by atoms with van der Waals surface area (Å²) in [4.78, 5) is 16.3. The number of carbonyl (C=O) groups is 1. The first-order chi connectivity index (χ1) is 24.9. The zero-order valence-electron chi connectivity index (χ0n) is 29.6. The van der Waals surface area contributed by atoms with Crippen LogP contribution in [0.2, 0.25) is 5.02 Å². The van der Waals surface area contributed by atoms with Crippen LogP contribution in [0.4, 0.5) is 5.69 Å². The number of hydrogen-bond acceptors (Lipinski definition) is 7. The molecule has 4 aromatic carbocycles. The average Bonchev–Trinajstić information content (AvgIpc) is 3.81. The second-order valence-electron chi connectivity index (χ2n) is 13.6. The van der Waals surface area contributed by atoms with E-state index in [0.29, 0.717) is 54.6 Å². The molecule has 3 N–H and O–H groups in total. The SMILES string of the molecule is Cc1c(COc2cc(OCc3cccc(C#N)c3)c(CNCCCC(N)=O)cc2Cl)cccc1-c1cccc2c1CCN2CCCN1CCCC1. The van der Waals surface area contributed by atoms with E-state index in [4.69, 9.17) is 26.8 Å². The molecule has 0 radical (unpaired) electrons. The van der Waals surface area contributed by atoms with Gasteiger partial charge in [0, 0.05) is 43.4 Å². The van der Waals surface area contributed by atoms with Gasteiger partial charge in [0.25, 0.3) is 0 Å². The minimum Gasteiger partial charge on any atom is -0.488 e. The summed E-state index contributed by atoms with van der Waals surface area (Å²) < 4.78 is 12.7. The molecule has 1 fully saturated rings. The molecule has 0 unspecified atom stereocenters. The van der Waals surface area contributed by atoms with Gasteiger partial charge >= 0.3 is 0 Å². The maximum atomic E-state index is 11.2. The highest BCUT2D eigenvalue weighted by Gasteiger charge is 2.23. The Morgan fingerprint density at radius 3 is 2.51 bits per heavy atom. The summed E-state index contributed by atoms with van der Waals surface area (Å²) in [5.74, 6) is 0.850. The summed E-state index contributed by atoms with van der Waals surface area (Å²) in [7, 11) is 0. The van der Waals surface area contributed by atoms with Crippen molar-refractivity contribution in [2.75, 3.05) is 44.2 Å². The number of primary amides is 1. The number of amides is 1. The number of rotatable bonds is 17. The molecule has 1 saturated heterocycles. The van der Waals surface area contributed by atoms with Crippen LogP contribution in [0.3, 0.4) is 0 Å². The maximum absolute atomic E-state index is 11.2. The first kappa shape index (κ1) is 36.2. The molecule has 0 aliphatic carbocycles. The lowest BCUT2D eigenvalue weighted by Crippen LogP contribution is -2.27. The summed E-state index contributed by atoms with van der Waals surface area (Å²) in [5.41, 5.74) is 15.3. The molecule has 1 amide bonds. The fraction of sp³-hybridized carbons (Fsp3) is 0.381. The number of hydrogen-bond donors (Lipinski definition) is 2. The third kappa shape index (κ3) is 9.42. The molecular formula is C42H48ClN5O3. The normalized spacial score (nSPS) is 14.0. The van der Waals surface area contributed by atoms with Crippen LogP contribution in [0.1, 0.15) is 65.5 Å². The topological polar surface area (TPSA) is 104 Å². The van der Waals surface area contributed by atoms with E-state index in [1.54, 1.807) is 6.07 Å². The second kappa shape index (κ2) is 17.6. The predicted molar refractivity (Wildman–Crippen MR) is 204 cm³/mol. The maximum Gasteiger partial charge on any atom is 0.217 e. The van der Waals surface area contributed by atoms with Gasteiger partial charge in [0.05, 0.1) is 16.7 Å². The molecule has 0 aromatic heterocycles. The quantitative estimate of drug-likeness (QED) is 0.109. The van der Waals surface area contributed by atoms with E-state index in [0.717, 1.165) is 36.2 Å². The van der Waals surface area contributed by atoms with Crippen molar-refractivity contribution in [2.45, 2.75) is 65.2 Å². The summed E-state index contributed by atoms with van der Waals surface area (Å²) in [6.45, 7) is 9.79. The lowest BCUT2D eigenvalue weighted by atomic mass is 9.92. The molecule has 2 aliphatic heterocycles. The smallest absolute Gasteiger partial charge is 0.217 e. The summed E-state index contributed by atoms with van der Waals surface area (Å²) >= 11 is 6.81. The van der Waals surface area contributed by atoms with Crippen molar-refractivity contribution in [2.24, 2.45) is 5.73 Å². The predicted octanol–water partition coefficient (Wildman–Crippen LogP) is 7.55. The molecule has 0 atom stereocenters. The Morgan fingerprint density at radius 1 is 0.902 bits per heavy atom. The van der Waals surface area contributed by atoms with Crippen molar-refractivity contribution in [3.05, 3.63) is 111 Å². The van der Waals surface area contributed by atoms with Gasteiger partial charge in [-0.1, -0.05) is 54.1 Å². The Bertz CT molecular complexity index is 1870. The van der Waals surface area contributed by atoms with Crippen LogP contribution < -0.4 is 25.4 Å². The molecular weight excluding hydrogens is 658 g/mol. The summed E-state index contributed by atoms with van der Waals surface area (Å²) in [6, 6.07) is 26.5.